The minimum Gasteiger partial charge on any atom is -0.490 e. The van der Waals surface area contributed by atoms with Gasteiger partial charge in [0, 0.05) is 35.8 Å². The SMILES string of the molecule is S=C(c1cn(CCOc2ccccc2Cl)c2ccccc12)N1CCCC1. The maximum atomic E-state index is 6.16. The Morgan fingerprint density at radius 2 is 1.77 bits per heavy atom. The number of hydrogen-bond donors (Lipinski definition) is 0. The number of likely N-dealkylation sites (tertiary alicyclic amines) is 1. The van der Waals surface area contributed by atoms with Crippen LogP contribution in [0.4, 0.5) is 0 Å². The lowest BCUT2D eigenvalue weighted by atomic mass is 10.1. The van der Waals surface area contributed by atoms with Crippen LogP contribution in [-0.2, 0) is 6.54 Å². The molecule has 0 saturated carbocycles. The number of hydrogen-bond acceptors (Lipinski definition) is 2. The summed E-state index contributed by atoms with van der Waals surface area (Å²) >= 11 is 12.0. The number of nitrogens with zero attached hydrogens (tertiary/aromatic N) is 2. The summed E-state index contributed by atoms with van der Waals surface area (Å²) in [6, 6.07) is 16.0. The van der Waals surface area contributed by atoms with E-state index in [2.05, 4.69) is 39.9 Å². The molecule has 3 nitrogen and oxygen atoms in total. The number of para-hydroxylation sites is 2. The monoisotopic (exact) mass is 384 g/mol. The molecule has 26 heavy (non-hydrogen) atoms. The molecular weight excluding hydrogens is 364 g/mol. The second kappa shape index (κ2) is 7.68. The van der Waals surface area contributed by atoms with Crippen LogP contribution in [0.25, 0.3) is 10.9 Å². The molecule has 1 fully saturated rings. The highest BCUT2D eigenvalue weighted by Gasteiger charge is 2.20. The number of thiocarbonyl (C=S) groups is 1. The molecular formula is C21H21ClN2OS. The second-order valence-electron chi connectivity index (χ2n) is 6.53. The van der Waals surface area contributed by atoms with Crippen molar-refractivity contribution in [2.45, 2.75) is 19.4 Å². The summed E-state index contributed by atoms with van der Waals surface area (Å²) < 4.78 is 8.09. The van der Waals surface area contributed by atoms with Gasteiger partial charge in [0.25, 0.3) is 0 Å². The first-order chi connectivity index (χ1) is 12.7. The molecule has 134 valence electrons. The Hall–Kier alpha value is -2.04. The maximum Gasteiger partial charge on any atom is 0.137 e. The molecule has 0 aliphatic carbocycles. The molecule has 5 heteroatoms. The van der Waals surface area contributed by atoms with Crippen molar-refractivity contribution < 1.29 is 4.74 Å². The smallest absolute Gasteiger partial charge is 0.137 e. The fraction of sp³-hybridized carbons (Fsp3) is 0.286. The van der Waals surface area contributed by atoms with E-state index < -0.39 is 0 Å². The average Bonchev–Trinajstić information content (AvgIpc) is 3.31. The molecule has 0 N–H and O–H groups in total. The number of aromatic nitrogens is 1. The first-order valence-corrected chi connectivity index (χ1v) is 9.77. The summed E-state index contributed by atoms with van der Waals surface area (Å²) in [6.07, 6.45) is 4.62. The van der Waals surface area contributed by atoms with E-state index >= 15 is 0 Å². The van der Waals surface area contributed by atoms with Gasteiger partial charge in [-0.05, 0) is 31.0 Å². The van der Waals surface area contributed by atoms with Crippen LogP contribution in [-0.4, -0.2) is 34.2 Å². The highest BCUT2D eigenvalue weighted by molar-refractivity contribution is 7.80. The normalized spacial score (nSPS) is 14.1. The summed E-state index contributed by atoms with van der Waals surface area (Å²) in [5, 5.41) is 1.85. The third kappa shape index (κ3) is 3.44. The van der Waals surface area contributed by atoms with Crippen LogP contribution in [0.15, 0.2) is 54.7 Å². The molecule has 2 aromatic carbocycles. The van der Waals surface area contributed by atoms with E-state index in [-0.39, 0.29) is 0 Å². The van der Waals surface area contributed by atoms with Gasteiger partial charge in [0.05, 0.1) is 11.6 Å². The first kappa shape index (κ1) is 17.4. The van der Waals surface area contributed by atoms with Gasteiger partial charge in [-0.25, -0.2) is 0 Å². The highest BCUT2D eigenvalue weighted by atomic mass is 35.5. The van der Waals surface area contributed by atoms with Gasteiger partial charge in [-0.3, -0.25) is 0 Å². The molecule has 3 aromatic rings. The quantitative estimate of drug-likeness (QED) is 0.567. The third-order valence-corrected chi connectivity index (χ3v) is 5.63. The van der Waals surface area contributed by atoms with Gasteiger partial charge in [-0.2, -0.15) is 0 Å². The van der Waals surface area contributed by atoms with Crippen LogP contribution in [0.2, 0.25) is 5.02 Å². The van der Waals surface area contributed by atoms with Crippen molar-refractivity contribution in [3.8, 4) is 5.75 Å². The molecule has 0 radical (unpaired) electrons. The minimum atomic E-state index is 0.554. The fourth-order valence-corrected chi connectivity index (χ4v) is 4.04. The maximum absolute atomic E-state index is 6.16. The zero-order chi connectivity index (χ0) is 17.9. The topological polar surface area (TPSA) is 17.4 Å². The standard InChI is InChI=1S/C21H21ClN2OS/c22-18-8-2-4-10-20(18)25-14-13-24-15-17(16-7-1-3-9-19(16)24)21(26)23-11-5-6-12-23/h1-4,7-10,15H,5-6,11-14H2. The Bertz CT molecular complexity index is 931. The number of rotatable bonds is 5. The Labute approximate surface area is 164 Å². The summed E-state index contributed by atoms with van der Waals surface area (Å²) in [7, 11) is 0. The largest absolute Gasteiger partial charge is 0.490 e. The van der Waals surface area contributed by atoms with Gasteiger partial charge >= 0.3 is 0 Å². The Kier molecular flexibility index (Phi) is 5.14. The minimum absolute atomic E-state index is 0.554. The summed E-state index contributed by atoms with van der Waals surface area (Å²) in [4.78, 5) is 3.28. The van der Waals surface area contributed by atoms with Crippen LogP contribution in [0.3, 0.4) is 0 Å². The number of ether oxygens (including phenoxy) is 1. The summed E-state index contributed by atoms with van der Waals surface area (Å²) in [6.45, 7) is 3.43. The zero-order valence-corrected chi connectivity index (χ0v) is 16.1. The van der Waals surface area contributed by atoms with Crippen molar-refractivity contribution >= 4 is 39.7 Å². The molecule has 1 aliphatic heterocycles. The average molecular weight is 385 g/mol. The molecule has 1 aliphatic rings. The summed E-state index contributed by atoms with van der Waals surface area (Å²) in [5.41, 5.74) is 2.34. The number of halogens is 1. The van der Waals surface area contributed by atoms with Crippen LogP contribution in [0, 0.1) is 0 Å². The van der Waals surface area contributed by atoms with Crippen molar-refractivity contribution in [1.82, 2.24) is 9.47 Å². The predicted molar refractivity (Wildman–Crippen MR) is 111 cm³/mol. The van der Waals surface area contributed by atoms with Gasteiger partial charge in [0.1, 0.15) is 17.3 Å². The van der Waals surface area contributed by atoms with Crippen LogP contribution in [0.1, 0.15) is 18.4 Å². The van der Waals surface area contributed by atoms with Gasteiger partial charge in [-0.1, -0.05) is 54.2 Å². The Morgan fingerprint density at radius 1 is 1.04 bits per heavy atom. The van der Waals surface area contributed by atoms with E-state index in [1.54, 1.807) is 0 Å². The molecule has 0 unspecified atom stereocenters. The lowest BCUT2D eigenvalue weighted by Gasteiger charge is -2.17. The molecule has 0 bridgehead atoms. The van der Waals surface area contributed by atoms with Crippen LogP contribution in [0.5, 0.6) is 5.75 Å². The van der Waals surface area contributed by atoms with E-state index in [0.29, 0.717) is 11.6 Å². The van der Waals surface area contributed by atoms with E-state index in [0.717, 1.165) is 35.9 Å². The van der Waals surface area contributed by atoms with E-state index in [4.69, 9.17) is 28.6 Å². The number of fused-ring (bicyclic) bond motifs is 1. The first-order valence-electron chi connectivity index (χ1n) is 8.98. The van der Waals surface area contributed by atoms with Crippen molar-refractivity contribution in [2.75, 3.05) is 19.7 Å². The van der Waals surface area contributed by atoms with Gasteiger partial charge < -0.3 is 14.2 Å². The van der Waals surface area contributed by atoms with Crippen LogP contribution < -0.4 is 4.74 Å². The highest BCUT2D eigenvalue weighted by Crippen LogP contribution is 2.26. The Morgan fingerprint density at radius 3 is 2.58 bits per heavy atom. The molecule has 0 spiro atoms. The molecule has 1 aromatic heterocycles. The van der Waals surface area contributed by atoms with Crippen LogP contribution >= 0.6 is 23.8 Å². The molecule has 4 rings (SSSR count). The molecule has 0 atom stereocenters. The molecule has 1 saturated heterocycles. The zero-order valence-electron chi connectivity index (χ0n) is 14.5. The Balaban J connectivity index is 1.55. The fourth-order valence-electron chi connectivity index (χ4n) is 3.51. The van der Waals surface area contributed by atoms with E-state index in [1.807, 2.05) is 24.3 Å². The van der Waals surface area contributed by atoms with Crippen molar-refractivity contribution in [3.63, 3.8) is 0 Å². The molecule has 0 amide bonds. The van der Waals surface area contributed by atoms with Gasteiger partial charge in [0.15, 0.2) is 0 Å². The van der Waals surface area contributed by atoms with Crippen molar-refractivity contribution in [2.24, 2.45) is 0 Å². The summed E-state index contributed by atoms with van der Waals surface area (Å²) in [5.74, 6) is 0.721. The molecule has 2 heterocycles. The number of benzene rings is 2. The predicted octanol–water partition coefficient (Wildman–Crippen LogP) is 5.15. The van der Waals surface area contributed by atoms with E-state index in [9.17, 15) is 0 Å². The van der Waals surface area contributed by atoms with E-state index in [1.165, 1.54) is 23.7 Å². The van der Waals surface area contributed by atoms with Gasteiger partial charge in [-0.15, -0.1) is 0 Å². The van der Waals surface area contributed by atoms with Gasteiger partial charge in [0.2, 0.25) is 0 Å². The lowest BCUT2D eigenvalue weighted by molar-refractivity contribution is 0.300. The second-order valence-corrected chi connectivity index (χ2v) is 7.33. The lowest BCUT2D eigenvalue weighted by Crippen LogP contribution is -2.26. The third-order valence-electron chi connectivity index (χ3n) is 4.84. The van der Waals surface area contributed by atoms with Crippen molar-refractivity contribution in [1.29, 1.82) is 0 Å². The van der Waals surface area contributed by atoms with Crippen molar-refractivity contribution in [3.05, 3.63) is 65.3 Å².